The van der Waals surface area contributed by atoms with E-state index < -0.39 is 0 Å². The predicted octanol–water partition coefficient (Wildman–Crippen LogP) is 3.97. The van der Waals surface area contributed by atoms with Gasteiger partial charge in [0.25, 0.3) is 0 Å². The average Bonchev–Trinajstić information content (AvgIpc) is 2.19. The maximum Gasteiger partial charge on any atom is 0.137 e. The molecule has 0 bridgehead atoms. The van der Waals surface area contributed by atoms with E-state index >= 15 is 0 Å². The van der Waals surface area contributed by atoms with E-state index in [1.165, 1.54) is 6.07 Å². The number of anilines is 1. The SMILES string of the molecule is C=C(CC)CNc1ccc(F)c(Br)c1. The van der Waals surface area contributed by atoms with E-state index in [0.29, 0.717) is 4.47 Å². The van der Waals surface area contributed by atoms with Crippen molar-refractivity contribution in [1.82, 2.24) is 0 Å². The van der Waals surface area contributed by atoms with E-state index in [9.17, 15) is 4.39 Å². The molecule has 0 fully saturated rings. The van der Waals surface area contributed by atoms with Gasteiger partial charge in [-0.05, 0) is 40.5 Å². The summed E-state index contributed by atoms with van der Waals surface area (Å²) in [4.78, 5) is 0. The topological polar surface area (TPSA) is 12.0 Å². The molecule has 1 aromatic rings. The largest absolute Gasteiger partial charge is 0.381 e. The van der Waals surface area contributed by atoms with Crippen LogP contribution >= 0.6 is 15.9 Å². The Morgan fingerprint density at radius 3 is 2.86 bits per heavy atom. The molecule has 0 spiro atoms. The summed E-state index contributed by atoms with van der Waals surface area (Å²) in [6.07, 6.45) is 0.954. The fraction of sp³-hybridized carbons (Fsp3) is 0.273. The zero-order valence-electron chi connectivity index (χ0n) is 8.11. The quantitative estimate of drug-likeness (QED) is 0.806. The zero-order chi connectivity index (χ0) is 10.6. The summed E-state index contributed by atoms with van der Waals surface area (Å²) in [5.74, 6) is -0.245. The van der Waals surface area contributed by atoms with Gasteiger partial charge in [-0.3, -0.25) is 0 Å². The van der Waals surface area contributed by atoms with Gasteiger partial charge >= 0.3 is 0 Å². The first kappa shape index (κ1) is 11.2. The standard InChI is InChI=1S/C11H13BrFN/c1-3-8(2)7-14-9-4-5-11(13)10(12)6-9/h4-6,14H,2-3,7H2,1H3. The molecule has 0 aliphatic rings. The maximum atomic E-state index is 12.9. The van der Waals surface area contributed by atoms with Crippen molar-refractivity contribution in [2.75, 3.05) is 11.9 Å². The first-order valence-corrected chi connectivity index (χ1v) is 5.28. The van der Waals surface area contributed by atoms with Gasteiger partial charge < -0.3 is 5.32 Å². The highest BCUT2D eigenvalue weighted by molar-refractivity contribution is 9.10. The molecular formula is C11H13BrFN. The van der Waals surface area contributed by atoms with Crippen molar-refractivity contribution < 1.29 is 4.39 Å². The van der Waals surface area contributed by atoms with Crippen LogP contribution in [0.2, 0.25) is 0 Å². The molecule has 3 heteroatoms. The summed E-state index contributed by atoms with van der Waals surface area (Å²) >= 11 is 3.13. The molecule has 0 aromatic heterocycles. The first-order chi connectivity index (χ1) is 6.63. The molecule has 0 aliphatic carbocycles. The second-order valence-electron chi connectivity index (χ2n) is 3.09. The molecule has 0 saturated carbocycles. The van der Waals surface area contributed by atoms with Crippen LogP contribution in [0.4, 0.5) is 10.1 Å². The minimum Gasteiger partial charge on any atom is -0.381 e. The van der Waals surface area contributed by atoms with Gasteiger partial charge in [-0.1, -0.05) is 19.1 Å². The number of rotatable bonds is 4. The Morgan fingerprint density at radius 2 is 2.29 bits per heavy atom. The molecular weight excluding hydrogens is 245 g/mol. The summed E-state index contributed by atoms with van der Waals surface area (Å²) in [6, 6.07) is 4.86. The Balaban J connectivity index is 2.60. The summed E-state index contributed by atoms with van der Waals surface area (Å²) < 4.78 is 13.3. The van der Waals surface area contributed by atoms with Crippen molar-refractivity contribution in [3.8, 4) is 0 Å². The molecule has 1 nitrogen and oxygen atoms in total. The first-order valence-electron chi connectivity index (χ1n) is 4.49. The van der Waals surface area contributed by atoms with E-state index in [-0.39, 0.29) is 5.82 Å². The van der Waals surface area contributed by atoms with Gasteiger partial charge in [-0.2, -0.15) is 0 Å². The van der Waals surface area contributed by atoms with Gasteiger partial charge in [0, 0.05) is 12.2 Å². The Bertz CT molecular complexity index is 336. The van der Waals surface area contributed by atoms with Crippen LogP contribution in [0.5, 0.6) is 0 Å². The molecule has 0 atom stereocenters. The van der Waals surface area contributed by atoms with Gasteiger partial charge in [0.2, 0.25) is 0 Å². The van der Waals surface area contributed by atoms with Gasteiger partial charge in [0.05, 0.1) is 4.47 Å². The third-order valence-electron chi connectivity index (χ3n) is 1.96. The van der Waals surface area contributed by atoms with Crippen LogP contribution < -0.4 is 5.32 Å². The van der Waals surface area contributed by atoms with E-state index in [1.54, 1.807) is 12.1 Å². The van der Waals surface area contributed by atoms with E-state index in [1.807, 2.05) is 0 Å². The molecule has 0 radical (unpaired) electrons. The van der Waals surface area contributed by atoms with Gasteiger partial charge in [-0.25, -0.2) is 4.39 Å². The van der Waals surface area contributed by atoms with Gasteiger partial charge in [-0.15, -0.1) is 0 Å². The predicted molar refractivity (Wildman–Crippen MR) is 62.0 cm³/mol. The van der Waals surface area contributed by atoms with E-state index in [2.05, 4.69) is 34.7 Å². The van der Waals surface area contributed by atoms with Crippen LogP contribution in [0.1, 0.15) is 13.3 Å². The molecule has 1 N–H and O–H groups in total. The molecule has 0 amide bonds. The minimum atomic E-state index is -0.245. The summed E-state index contributed by atoms with van der Waals surface area (Å²) in [7, 11) is 0. The summed E-state index contributed by atoms with van der Waals surface area (Å²) in [5, 5.41) is 3.17. The fourth-order valence-corrected chi connectivity index (χ4v) is 1.34. The number of benzene rings is 1. The minimum absolute atomic E-state index is 0.245. The van der Waals surface area contributed by atoms with E-state index in [4.69, 9.17) is 0 Å². The van der Waals surface area contributed by atoms with Crippen molar-refractivity contribution in [2.45, 2.75) is 13.3 Å². The van der Waals surface area contributed by atoms with Crippen molar-refractivity contribution in [1.29, 1.82) is 0 Å². The Morgan fingerprint density at radius 1 is 1.57 bits per heavy atom. The van der Waals surface area contributed by atoms with Crippen molar-refractivity contribution in [3.05, 3.63) is 40.6 Å². The van der Waals surface area contributed by atoms with Crippen molar-refractivity contribution in [3.63, 3.8) is 0 Å². The van der Waals surface area contributed by atoms with Crippen LogP contribution in [-0.2, 0) is 0 Å². The maximum absolute atomic E-state index is 12.9. The van der Waals surface area contributed by atoms with Crippen LogP contribution in [0.3, 0.4) is 0 Å². The summed E-state index contributed by atoms with van der Waals surface area (Å²) in [6.45, 7) is 6.67. The van der Waals surface area contributed by atoms with Crippen molar-refractivity contribution in [2.24, 2.45) is 0 Å². The normalized spacial score (nSPS) is 9.93. The average molecular weight is 258 g/mol. The molecule has 1 aromatic carbocycles. The highest BCUT2D eigenvalue weighted by Gasteiger charge is 1.99. The second-order valence-corrected chi connectivity index (χ2v) is 3.94. The number of hydrogen-bond acceptors (Lipinski definition) is 1. The monoisotopic (exact) mass is 257 g/mol. The van der Waals surface area contributed by atoms with Crippen molar-refractivity contribution >= 4 is 21.6 Å². The molecule has 0 unspecified atom stereocenters. The van der Waals surface area contributed by atoms with Crippen LogP contribution in [0, 0.1) is 5.82 Å². The summed E-state index contributed by atoms with van der Waals surface area (Å²) in [5.41, 5.74) is 2.03. The number of hydrogen-bond donors (Lipinski definition) is 1. The van der Waals surface area contributed by atoms with Crippen LogP contribution in [0.15, 0.2) is 34.8 Å². The lowest BCUT2D eigenvalue weighted by Gasteiger charge is -2.07. The highest BCUT2D eigenvalue weighted by Crippen LogP contribution is 2.20. The van der Waals surface area contributed by atoms with Gasteiger partial charge in [0.1, 0.15) is 5.82 Å². The number of halogens is 2. The smallest absolute Gasteiger partial charge is 0.137 e. The molecule has 0 heterocycles. The van der Waals surface area contributed by atoms with E-state index in [0.717, 1.165) is 24.2 Å². The Kier molecular flexibility index (Phi) is 4.14. The third-order valence-corrected chi connectivity index (χ3v) is 2.57. The lowest BCUT2D eigenvalue weighted by Crippen LogP contribution is -2.03. The Labute approximate surface area is 92.1 Å². The third kappa shape index (κ3) is 3.14. The molecule has 76 valence electrons. The lowest BCUT2D eigenvalue weighted by atomic mass is 10.2. The highest BCUT2D eigenvalue weighted by atomic mass is 79.9. The fourth-order valence-electron chi connectivity index (χ4n) is 0.958. The molecule has 1 rings (SSSR count). The number of nitrogens with one attached hydrogen (secondary N) is 1. The van der Waals surface area contributed by atoms with Gasteiger partial charge in [0.15, 0.2) is 0 Å². The second kappa shape index (κ2) is 5.15. The molecule has 0 aliphatic heterocycles. The Hall–Kier alpha value is -0.830. The molecule has 14 heavy (non-hydrogen) atoms. The van der Waals surface area contributed by atoms with Crippen LogP contribution in [-0.4, -0.2) is 6.54 Å². The molecule has 0 saturated heterocycles. The lowest BCUT2D eigenvalue weighted by molar-refractivity contribution is 0.621. The van der Waals surface area contributed by atoms with Crippen LogP contribution in [0.25, 0.3) is 0 Å². The zero-order valence-corrected chi connectivity index (χ0v) is 9.70.